The van der Waals surface area contributed by atoms with Gasteiger partial charge < -0.3 is 19.7 Å². The maximum atomic E-state index is 10.4. The van der Waals surface area contributed by atoms with Crippen molar-refractivity contribution in [3.05, 3.63) is 77.4 Å². The Bertz CT molecular complexity index is 1130. The molecule has 0 aromatic heterocycles. The third kappa shape index (κ3) is 5.39. The minimum absolute atomic E-state index is 0.00298. The van der Waals surface area contributed by atoms with Crippen molar-refractivity contribution < 1.29 is 19.7 Å². The molecule has 0 aliphatic carbocycles. The summed E-state index contributed by atoms with van der Waals surface area (Å²) in [5.41, 5.74) is 2.97. The number of aromatic hydroxyl groups is 2. The Hall–Kier alpha value is -2.83. The molecule has 6 heteroatoms. The van der Waals surface area contributed by atoms with E-state index in [4.69, 9.17) is 9.47 Å². The van der Waals surface area contributed by atoms with Crippen LogP contribution in [-0.2, 0) is 6.42 Å². The maximum Gasteiger partial charge on any atom is 0.140 e. The topological polar surface area (TPSA) is 62.2 Å². The Kier molecular flexibility index (Phi) is 7.40. The second kappa shape index (κ2) is 10.8. The highest BCUT2D eigenvalue weighted by Gasteiger charge is 2.35. The predicted octanol–water partition coefficient (Wildman–Crippen LogP) is 6.49. The molecule has 0 amide bonds. The average molecular weight is 492 g/mol. The number of hydrogen-bond donors (Lipinski definition) is 2. The fraction of sp³-hybridized carbons (Fsp3) is 0.379. The zero-order chi connectivity index (χ0) is 24.2. The molecule has 1 saturated heterocycles. The summed E-state index contributed by atoms with van der Waals surface area (Å²) in [4.78, 5) is 3.50. The molecule has 5 nitrogen and oxygen atoms in total. The van der Waals surface area contributed by atoms with Crippen molar-refractivity contribution in [3.63, 3.8) is 0 Å². The van der Waals surface area contributed by atoms with Crippen molar-refractivity contribution in [1.82, 2.24) is 4.90 Å². The summed E-state index contributed by atoms with van der Waals surface area (Å²) >= 11 is 1.74. The third-order valence-corrected chi connectivity index (χ3v) is 8.23. The lowest BCUT2D eigenvalue weighted by Crippen LogP contribution is -2.33. The molecule has 0 radical (unpaired) electrons. The quantitative estimate of drug-likeness (QED) is 0.394. The lowest BCUT2D eigenvalue weighted by molar-refractivity contribution is 0.182. The van der Waals surface area contributed by atoms with Crippen LogP contribution in [0.3, 0.4) is 0 Å². The van der Waals surface area contributed by atoms with Crippen LogP contribution in [0.1, 0.15) is 54.2 Å². The zero-order valence-electron chi connectivity index (χ0n) is 20.2. The van der Waals surface area contributed by atoms with E-state index in [9.17, 15) is 10.2 Å². The molecule has 0 unspecified atom stereocenters. The molecule has 1 fully saturated rings. The van der Waals surface area contributed by atoms with Crippen LogP contribution >= 0.6 is 11.8 Å². The largest absolute Gasteiger partial charge is 0.508 e. The summed E-state index contributed by atoms with van der Waals surface area (Å²) in [7, 11) is 0. The van der Waals surface area contributed by atoms with Gasteiger partial charge in [0.1, 0.15) is 35.7 Å². The molecule has 2 aliphatic heterocycles. The van der Waals surface area contributed by atoms with Gasteiger partial charge in [0, 0.05) is 12.1 Å². The van der Waals surface area contributed by atoms with E-state index in [-0.39, 0.29) is 22.9 Å². The third-order valence-electron chi connectivity index (χ3n) is 6.88. The number of thioether (sulfide) groups is 1. The summed E-state index contributed by atoms with van der Waals surface area (Å²) < 4.78 is 12.7. The fourth-order valence-electron chi connectivity index (χ4n) is 4.93. The smallest absolute Gasteiger partial charge is 0.140 e. The number of benzene rings is 3. The van der Waals surface area contributed by atoms with Crippen molar-refractivity contribution >= 4 is 11.8 Å². The molecule has 184 valence electrons. The molecule has 2 aliphatic rings. The summed E-state index contributed by atoms with van der Waals surface area (Å²) in [5, 5.41) is 20.2. The van der Waals surface area contributed by atoms with Crippen LogP contribution in [0, 0.1) is 0 Å². The number of piperidine rings is 1. The Balaban J connectivity index is 1.37. The first-order valence-electron chi connectivity index (χ1n) is 12.5. The molecule has 2 N–H and O–H groups in total. The summed E-state index contributed by atoms with van der Waals surface area (Å²) in [6.07, 6.45) is 4.37. The molecular formula is C29H33NO4S. The number of fused-ring (bicyclic) bond motifs is 1. The number of nitrogens with zero attached hydrogens (tertiary/aromatic N) is 1. The van der Waals surface area contributed by atoms with Gasteiger partial charge in [-0.25, -0.2) is 0 Å². The standard InChI is InChI=1S/C29H33NO4S/c1-2-24-25(32)14-15-26-28(24)34-27(29(35-26)21-6-10-22(31)11-7-21)20-8-12-23(13-9-20)33-19-18-30-16-4-3-5-17-30/h6-15,27,29,31-32H,2-5,16-19H2,1H3/t27-,29+/m1/s1. The average Bonchev–Trinajstić information content (AvgIpc) is 2.89. The fourth-order valence-corrected chi connectivity index (χ4v) is 6.25. The monoisotopic (exact) mass is 491 g/mol. The van der Waals surface area contributed by atoms with Gasteiger partial charge in [-0.15, -0.1) is 11.8 Å². The predicted molar refractivity (Wildman–Crippen MR) is 140 cm³/mol. The zero-order valence-corrected chi connectivity index (χ0v) is 21.0. The first-order valence-corrected chi connectivity index (χ1v) is 13.4. The second-order valence-electron chi connectivity index (χ2n) is 9.23. The molecule has 5 rings (SSSR count). The summed E-state index contributed by atoms with van der Waals surface area (Å²) in [5.74, 6) is 2.14. The van der Waals surface area contributed by atoms with Crippen LogP contribution in [0.5, 0.6) is 23.0 Å². The van der Waals surface area contributed by atoms with E-state index in [1.165, 1.54) is 32.4 Å². The van der Waals surface area contributed by atoms with Crippen LogP contribution in [-0.4, -0.2) is 41.4 Å². The van der Waals surface area contributed by atoms with Crippen molar-refractivity contribution in [1.29, 1.82) is 0 Å². The highest BCUT2D eigenvalue weighted by atomic mass is 32.2. The number of hydrogen-bond acceptors (Lipinski definition) is 6. The van der Waals surface area contributed by atoms with E-state index >= 15 is 0 Å². The summed E-state index contributed by atoms with van der Waals surface area (Å²) in [6, 6.07) is 19.2. The van der Waals surface area contributed by atoms with E-state index in [2.05, 4.69) is 17.0 Å². The Morgan fingerprint density at radius 1 is 0.914 bits per heavy atom. The Morgan fingerprint density at radius 3 is 2.34 bits per heavy atom. The first-order chi connectivity index (χ1) is 17.1. The number of phenolic OH excluding ortho intramolecular Hbond substituents is 2. The molecule has 35 heavy (non-hydrogen) atoms. The number of phenols is 2. The SMILES string of the molecule is CCc1c(O)ccc2c1O[C@H](c1ccc(OCCN3CCCCC3)cc1)[C@H](c1ccc(O)cc1)S2. The highest BCUT2D eigenvalue weighted by Crippen LogP contribution is 2.55. The Labute approximate surface area is 211 Å². The molecule has 2 atom stereocenters. The van der Waals surface area contributed by atoms with Crippen molar-refractivity contribution in [3.8, 4) is 23.0 Å². The van der Waals surface area contributed by atoms with Gasteiger partial charge in [-0.2, -0.15) is 0 Å². The van der Waals surface area contributed by atoms with E-state index in [0.717, 1.165) is 39.6 Å². The molecule has 0 saturated carbocycles. The van der Waals surface area contributed by atoms with Gasteiger partial charge >= 0.3 is 0 Å². The van der Waals surface area contributed by atoms with E-state index < -0.39 is 0 Å². The van der Waals surface area contributed by atoms with Crippen LogP contribution in [0.2, 0.25) is 0 Å². The van der Waals surface area contributed by atoms with Gasteiger partial charge in [-0.1, -0.05) is 37.6 Å². The van der Waals surface area contributed by atoms with Crippen molar-refractivity contribution in [2.45, 2.75) is 48.9 Å². The maximum absolute atomic E-state index is 10.4. The number of likely N-dealkylation sites (tertiary alicyclic amines) is 1. The van der Waals surface area contributed by atoms with Gasteiger partial charge in [0.2, 0.25) is 0 Å². The minimum atomic E-state index is -0.244. The van der Waals surface area contributed by atoms with Gasteiger partial charge in [-0.05, 0) is 79.9 Å². The highest BCUT2D eigenvalue weighted by molar-refractivity contribution is 7.99. The molecule has 3 aromatic rings. The molecule has 0 bridgehead atoms. The van der Waals surface area contributed by atoms with Gasteiger partial charge in [0.25, 0.3) is 0 Å². The van der Waals surface area contributed by atoms with Gasteiger partial charge in [0.05, 0.1) is 10.1 Å². The van der Waals surface area contributed by atoms with Gasteiger partial charge in [0.15, 0.2) is 0 Å². The lowest BCUT2D eigenvalue weighted by Gasteiger charge is -2.35. The van der Waals surface area contributed by atoms with Crippen LogP contribution in [0.4, 0.5) is 0 Å². The van der Waals surface area contributed by atoms with Gasteiger partial charge in [-0.3, -0.25) is 4.90 Å². The van der Waals surface area contributed by atoms with E-state index in [0.29, 0.717) is 13.0 Å². The lowest BCUT2D eigenvalue weighted by atomic mass is 9.99. The molecule has 3 aromatic carbocycles. The van der Waals surface area contributed by atoms with Crippen LogP contribution in [0.15, 0.2) is 65.6 Å². The van der Waals surface area contributed by atoms with E-state index in [1.807, 2.05) is 37.3 Å². The van der Waals surface area contributed by atoms with Crippen LogP contribution < -0.4 is 9.47 Å². The summed E-state index contributed by atoms with van der Waals surface area (Å²) in [6.45, 7) is 6.04. The first kappa shape index (κ1) is 23.9. The number of ether oxygens (including phenoxy) is 2. The normalized spacial score (nSPS) is 20.1. The molecule has 0 spiro atoms. The molecule has 2 heterocycles. The van der Waals surface area contributed by atoms with Crippen molar-refractivity contribution in [2.24, 2.45) is 0 Å². The van der Waals surface area contributed by atoms with E-state index in [1.54, 1.807) is 30.0 Å². The van der Waals surface area contributed by atoms with Crippen LogP contribution in [0.25, 0.3) is 0 Å². The minimum Gasteiger partial charge on any atom is -0.508 e. The molecular weight excluding hydrogens is 458 g/mol. The number of rotatable bonds is 7. The Morgan fingerprint density at radius 2 is 1.63 bits per heavy atom. The second-order valence-corrected chi connectivity index (χ2v) is 10.4. The van der Waals surface area contributed by atoms with Crippen molar-refractivity contribution in [2.75, 3.05) is 26.2 Å².